The number of carbonyl (C=O) groups is 2. The normalized spacial score (nSPS) is 22.0. The molecule has 0 spiro atoms. The van der Waals surface area contributed by atoms with E-state index in [1.807, 2.05) is 36.4 Å². The summed E-state index contributed by atoms with van der Waals surface area (Å²) in [5.74, 6) is -3.76. The molecule has 0 unspecified atom stereocenters. The zero-order valence-corrected chi connectivity index (χ0v) is 17.3. The molecule has 8 heteroatoms. The number of carboxylic acid groups (broad SMARTS) is 2. The average molecular weight is 430 g/mol. The molecule has 1 fully saturated rings. The Kier molecular flexibility index (Phi) is 7.40. The van der Waals surface area contributed by atoms with E-state index in [9.17, 15) is 19.8 Å². The van der Waals surface area contributed by atoms with Crippen LogP contribution in [0.1, 0.15) is 25.0 Å². The minimum Gasteiger partial charge on any atom is -0.479 e. The lowest BCUT2D eigenvalue weighted by molar-refractivity contribution is -0.178. The minimum absolute atomic E-state index is 0.0213. The molecule has 4 atom stereocenters. The summed E-state index contributed by atoms with van der Waals surface area (Å²) in [6, 6.07) is 18.1. The van der Waals surface area contributed by atoms with Crippen molar-refractivity contribution in [3.05, 3.63) is 71.8 Å². The molecule has 2 N–H and O–H groups in total. The maximum Gasteiger partial charge on any atom is 0.335 e. The summed E-state index contributed by atoms with van der Waals surface area (Å²) in [5, 5.41) is 19.6. The summed E-state index contributed by atoms with van der Waals surface area (Å²) in [6.07, 6.45) is -5.27. The van der Waals surface area contributed by atoms with Crippen LogP contribution in [-0.2, 0) is 41.8 Å². The van der Waals surface area contributed by atoms with Gasteiger partial charge in [0.2, 0.25) is 0 Å². The van der Waals surface area contributed by atoms with E-state index >= 15 is 0 Å². The minimum atomic E-state index is -1.45. The molecule has 31 heavy (non-hydrogen) atoms. The van der Waals surface area contributed by atoms with Crippen molar-refractivity contribution in [2.24, 2.45) is 0 Å². The maximum absolute atomic E-state index is 12.0. The van der Waals surface area contributed by atoms with Crippen LogP contribution in [0.5, 0.6) is 0 Å². The second-order valence-electron chi connectivity index (χ2n) is 7.68. The molecule has 0 aromatic heterocycles. The van der Waals surface area contributed by atoms with Crippen molar-refractivity contribution in [2.75, 3.05) is 0 Å². The van der Waals surface area contributed by atoms with Crippen LogP contribution in [0.25, 0.3) is 0 Å². The number of aliphatic carboxylic acids is 2. The van der Waals surface area contributed by atoms with Crippen molar-refractivity contribution in [3.63, 3.8) is 0 Å². The van der Waals surface area contributed by atoms with E-state index in [0.717, 1.165) is 11.1 Å². The van der Waals surface area contributed by atoms with Crippen LogP contribution in [0.4, 0.5) is 0 Å². The topological polar surface area (TPSA) is 112 Å². The van der Waals surface area contributed by atoms with Crippen LogP contribution in [0.3, 0.4) is 0 Å². The lowest BCUT2D eigenvalue weighted by Crippen LogP contribution is -2.50. The summed E-state index contributed by atoms with van der Waals surface area (Å²) in [4.78, 5) is 24.0. The fourth-order valence-electron chi connectivity index (χ4n) is 3.42. The molecule has 2 aromatic carbocycles. The quantitative estimate of drug-likeness (QED) is 0.592. The largest absolute Gasteiger partial charge is 0.479 e. The van der Waals surface area contributed by atoms with Gasteiger partial charge in [-0.3, -0.25) is 0 Å². The molecular weight excluding hydrogens is 404 g/mol. The molecular formula is C23H26O8. The molecule has 166 valence electrons. The van der Waals surface area contributed by atoms with Gasteiger partial charge in [0.15, 0.2) is 18.0 Å². The Morgan fingerprint density at radius 3 is 1.48 bits per heavy atom. The first-order valence-corrected chi connectivity index (χ1v) is 9.89. The third-order valence-electron chi connectivity index (χ3n) is 4.79. The van der Waals surface area contributed by atoms with Gasteiger partial charge in [-0.15, -0.1) is 0 Å². The fraction of sp³-hybridized carbons (Fsp3) is 0.391. The molecule has 0 bridgehead atoms. The molecule has 0 saturated carbocycles. The summed E-state index contributed by atoms with van der Waals surface area (Å²) >= 11 is 0. The fourth-order valence-corrected chi connectivity index (χ4v) is 3.42. The maximum atomic E-state index is 12.0. The number of hydrogen-bond acceptors (Lipinski definition) is 6. The molecule has 1 aliphatic rings. The number of rotatable bonds is 10. The average Bonchev–Trinajstić information content (AvgIpc) is 3.04. The van der Waals surface area contributed by atoms with E-state index in [2.05, 4.69) is 0 Å². The zero-order chi connectivity index (χ0) is 22.4. The van der Waals surface area contributed by atoms with E-state index in [0.29, 0.717) is 0 Å². The van der Waals surface area contributed by atoms with Gasteiger partial charge in [0.25, 0.3) is 0 Å². The van der Waals surface area contributed by atoms with Gasteiger partial charge >= 0.3 is 11.9 Å². The van der Waals surface area contributed by atoms with Crippen molar-refractivity contribution in [2.45, 2.75) is 57.3 Å². The van der Waals surface area contributed by atoms with Gasteiger partial charge < -0.3 is 29.2 Å². The Morgan fingerprint density at radius 1 is 0.806 bits per heavy atom. The second kappa shape index (κ2) is 10.0. The highest BCUT2D eigenvalue weighted by Crippen LogP contribution is 2.34. The third kappa shape index (κ3) is 6.11. The number of hydrogen-bond donors (Lipinski definition) is 2. The summed E-state index contributed by atoms with van der Waals surface area (Å²) in [5.41, 5.74) is 1.55. The standard InChI is InChI=1S/C23H26O8/c1-23(2)30-17(19(21(24)25)28-13-15-9-5-3-6-10-15)18(31-23)20(22(26)27)29-14-16-11-7-4-8-12-16/h3-12,17-20H,13-14H2,1-2H3,(H,24,25)(H,26,27)/t17-,18-,19-,20-/m1/s1. The molecule has 1 heterocycles. The molecule has 1 saturated heterocycles. The van der Waals surface area contributed by atoms with Gasteiger partial charge in [-0.25, -0.2) is 9.59 Å². The molecule has 0 radical (unpaired) electrons. The van der Waals surface area contributed by atoms with Crippen molar-refractivity contribution in [1.29, 1.82) is 0 Å². The molecule has 0 amide bonds. The Hall–Kier alpha value is -2.78. The van der Waals surface area contributed by atoms with E-state index < -0.39 is 42.1 Å². The molecule has 1 aliphatic heterocycles. The van der Waals surface area contributed by atoms with Crippen molar-refractivity contribution < 1.29 is 38.7 Å². The van der Waals surface area contributed by atoms with Gasteiger partial charge in [-0.05, 0) is 25.0 Å². The van der Waals surface area contributed by atoms with Crippen molar-refractivity contribution in [3.8, 4) is 0 Å². The first-order valence-electron chi connectivity index (χ1n) is 9.89. The van der Waals surface area contributed by atoms with E-state index in [1.54, 1.807) is 38.1 Å². The number of ether oxygens (including phenoxy) is 4. The second-order valence-corrected chi connectivity index (χ2v) is 7.68. The highest BCUT2D eigenvalue weighted by atomic mass is 16.8. The summed E-state index contributed by atoms with van der Waals surface area (Å²) < 4.78 is 22.8. The first-order chi connectivity index (χ1) is 14.8. The van der Waals surface area contributed by atoms with Crippen LogP contribution in [0.2, 0.25) is 0 Å². The number of carboxylic acids is 2. The Morgan fingerprint density at radius 2 is 1.16 bits per heavy atom. The van der Waals surface area contributed by atoms with E-state index in [1.165, 1.54) is 0 Å². The third-order valence-corrected chi connectivity index (χ3v) is 4.79. The van der Waals surface area contributed by atoms with Crippen molar-refractivity contribution in [1.82, 2.24) is 0 Å². The van der Waals surface area contributed by atoms with Gasteiger partial charge in [0.05, 0.1) is 13.2 Å². The predicted octanol–water partition coefficient (Wildman–Crippen LogP) is 2.85. The zero-order valence-electron chi connectivity index (χ0n) is 17.3. The van der Waals surface area contributed by atoms with Crippen molar-refractivity contribution >= 4 is 11.9 Å². The molecule has 0 aliphatic carbocycles. The first kappa shape index (κ1) is 22.9. The van der Waals surface area contributed by atoms with E-state index in [-0.39, 0.29) is 13.2 Å². The van der Waals surface area contributed by atoms with Crippen LogP contribution in [0.15, 0.2) is 60.7 Å². The van der Waals surface area contributed by atoms with Gasteiger partial charge in [0.1, 0.15) is 12.2 Å². The van der Waals surface area contributed by atoms with Gasteiger partial charge in [-0.2, -0.15) is 0 Å². The highest BCUT2D eigenvalue weighted by molar-refractivity contribution is 5.75. The summed E-state index contributed by atoms with van der Waals surface area (Å²) in [6.45, 7) is 3.22. The Bertz CT molecular complexity index is 796. The van der Waals surface area contributed by atoms with E-state index in [4.69, 9.17) is 18.9 Å². The SMILES string of the molecule is CC1(C)O[C@@H]([C@@H](OCc2ccccc2)C(=O)O)[C@H]([C@@H](OCc2ccccc2)C(=O)O)O1. The lowest BCUT2D eigenvalue weighted by Gasteiger charge is -2.27. The summed E-state index contributed by atoms with van der Waals surface area (Å²) in [7, 11) is 0. The lowest BCUT2D eigenvalue weighted by atomic mass is 10.0. The van der Waals surface area contributed by atoms with Crippen LogP contribution in [0, 0.1) is 0 Å². The van der Waals surface area contributed by atoms with Crippen LogP contribution in [-0.4, -0.2) is 52.4 Å². The smallest absolute Gasteiger partial charge is 0.335 e. The molecule has 8 nitrogen and oxygen atoms in total. The predicted molar refractivity (Wildman–Crippen MR) is 109 cm³/mol. The highest BCUT2D eigenvalue weighted by Gasteiger charge is 2.53. The Labute approximate surface area is 180 Å². The van der Waals surface area contributed by atoms with Gasteiger partial charge in [-0.1, -0.05) is 60.7 Å². The Balaban J connectivity index is 1.79. The molecule has 2 aromatic rings. The molecule has 3 rings (SSSR count). The van der Waals surface area contributed by atoms with Crippen LogP contribution < -0.4 is 0 Å². The monoisotopic (exact) mass is 430 g/mol. The number of benzene rings is 2. The van der Waals surface area contributed by atoms with Gasteiger partial charge in [0, 0.05) is 0 Å². The van der Waals surface area contributed by atoms with Crippen LogP contribution >= 0.6 is 0 Å².